The molecule has 0 amide bonds. The molecule has 3 heterocycles. The van der Waals surface area contributed by atoms with Crippen LogP contribution in [0.25, 0.3) is 4.96 Å². The number of hydrogen-bond donors (Lipinski definition) is 1. The topological polar surface area (TPSA) is 32.6 Å². The van der Waals surface area contributed by atoms with Crippen molar-refractivity contribution in [1.82, 2.24) is 19.6 Å². The second-order valence-corrected chi connectivity index (χ2v) is 6.21. The van der Waals surface area contributed by atoms with E-state index in [0.29, 0.717) is 0 Å². The third-order valence-corrected chi connectivity index (χ3v) is 4.81. The first-order valence-corrected chi connectivity index (χ1v) is 8.07. The quantitative estimate of drug-likeness (QED) is 0.910. The monoisotopic (exact) mass is 278 g/mol. The lowest BCUT2D eigenvalue weighted by Crippen LogP contribution is -2.36. The Kier molecular flexibility index (Phi) is 4.15. The zero-order valence-corrected chi connectivity index (χ0v) is 12.3. The van der Waals surface area contributed by atoms with Crippen LogP contribution in [0.2, 0.25) is 0 Å². The Morgan fingerprint density at radius 1 is 1.42 bits per heavy atom. The van der Waals surface area contributed by atoms with Crippen molar-refractivity contribution in [3.05, 3.63) is 23.5 Å². The van der Waals surface area contributed by atoms with Gasteiger partial charge in [-0.05, 0) is 44.9 Å². The number of thiazole rings is 1. The molecule has 0 spiro atoms. The zero-order chi connectivity index (χ0) is 13.1. The van der Waals surface area contributed by atoms with Gasteiger partial charge in [-0.2, -0.15) is 0 Å². The largest absolute Gasteiger partial charge is 0.311 e. The van der Waals surface area contributed by atoms with Gasteiger partial charge in [0.25, 0.3) is 0 Å². The van der Waals surface area contributed by atoms with Gasteiger partial charge in [0.05, 0.1) is 5.69 Å². The minimum absolute atomic E-state index is 0.839. The van der Waals surface area contributed by atoms with Gasteiger partial charge in [-0.25, -0.2) is 4.98 Å². The number of likely N-dealkylation sites (tertiary alicyclic amines) is 1. The van der Waals surface area contributed by atoms with Crippen LogP contribution < -0.4 is 5.32 Å². The van der Waals surface area contributed by atoms with Crippen LogP contribution in [-0.4, -0.2) is 40.5 Å². The molecule has 19 heavy (non-hydrogen) atoms. The molecule has 0 bridgehead atoms. The fourth-order valence-electron chi connectivity index (χ4n) is 2.77. The Labute approximate surface area is 118 Å². The molecule has 0 aromatic carbocycles. The van der Waals surface area contributed by atoms with E-state index in [2.05, 4.69) is 44.3 Å². The first kappa shape index (κ1) is 13.1. The third-order valence-electron chi connectivity index (χ3n) is 4.04. The summed E-state index contributed by atoms with van der Waals surface area (Å²) in [5, 5.41) is 5.64. The minimum atomic E-state index is 0.839. The Morgan fingerprint density at radius 3 is 3.00 bits per heavy atom. The Morgan fingerprint density at radius 2 is 2.26 bits per heavy atom. The summed E-state index contributed by atoms with van der Waals surface area (Å²) in [7, 11) is 0. The van der Waals surface area contributed by atoms with Gasteiger partial charge < -0.3 is 10.2 Å². The summed E-state index contributed by atoms with van der Waals surface area (Å²) in [6, 6.07) is 0. The number of rotatable bonds is 5. The lowest BCUT2D eigenvalue weighted by Gasteiger charge is -2.31. The van der Waals surface area contributed by atoms with Crippen LogP contribution in [0.3, 0.4) is 0 Å². The predicted octanol–water partition coefficient (Wildman–Crippen LogP) is 2.22. The third kappa shape index (κ3) is 3.16. The molecule has 3 rings (SSSR count). The number of aromatic nitrogens is 2. The van der Waals surface area contributed by atoms with Gasteiger partial charge in [0.15, 0.2) is 4.96 Å². The lowest BCUT2D eigenvalue weighted by atomic mass is 9.97. The molecule has 1 aliphatic heterocycles. The maximum absolute atomic E-state index is 4.59. The first-order valence-electron chi connectivity index (χ1n) is 7.19. The smallest absolute Gasteiger partial charge is 0.193 e. The van der Waals surface area contributed by atoms with Crippen molar-refractivity contribution in [3.63, 3.8) is 0 Å². The van der Waals surface area contributed by atoms with E-state index in [1.54, 1.807) is 11.3 Å². The summed E-state index contributed by atoms with van der Waals surface area (Å²) >= 11 is 1.69. The lowest BCUT2D eigenvalue weighted by molar-refractivity contribution is 0.190. The summed E-state index contributed by atoms with van der Waals surface area (Å²) in [4.78, 5) is 8.22. The van der Waals surface area contributed by atoms with E-state index in [0.717, 1.165) is 29.7 Å². The number of piperidine rings is 1. The molecule has 2 aromatic rings. The fraction of sp³-hybridized carbons (Fsp3) is 0.643. The second kappa shape index (κ2) is 6.03. The molecule has 1 saturated heterocycles. The average molecular weight is 278 g/mol. The van der Waals surface area contributed by atoms with Crippen LogP contribution in [-0.2, 0) is 6.54 Å². The summed E-state index contributed by atoms with van der Waals surface area (Å²) in [5.74, 6) is 0.839. The van der Waals surface area contributed by atoms with E-state index in [9.17, 15) is 0 Å². The molecular formula is C14H22N4S. The molecule has 0 atom stereocenters. The van der Waals surface area contributed by atoms with Crippen LogP contribution in [0.4, 0.5) is 0 Å². The molecule has 4 nitrogen and oxygen atoms in total. The first-order chi connectivity index (χ1) is 9.35. The molecule has 1 fully saturated rings. The summed E-state index contributed by atoms with van der Waals surface area (Å²) in [5.41, 5.74) is 1.15. The van der Waals surface area contributed by atoms with Crippen molar-refractivity contribution >= 4 is 16.3 Å². The number of nitrogens with zero attached hydrogens (tertiary/aromatic N) is 3. The van der Waals surface area contributed by atoms with Crippen molar-refractivity contribution in [3.8, 4) is 0 Å². The predicted molar refractivity (Wildman–Crippen MR) is 79.6 cm³/mol. The Balaban J connectivity index is 1.42. The van der Waals surface area contributed by atoms with Crippen LogP contribution in [0.15, 0.2) is 17.8 Å². The second-order valence-electron chi connectivity index (χ2n) is 5.33. The van der Waals surface area contributed by atoms with Crippen molar-refractivity contribution in [2.75, 3.05) is 26.2 Å². The molecule has 1 aliphatic rings. The van der Waals surface area contributed by atoms with E-state index in [-0.39, 0.29) is 0 Å². The van der Waals surface area contributed by atoms with Gasteiger partial charge >= 0.3 is 0 Å². The highest BCUT2D eigenvalue weighted by Gasteiger charge is 2.17. The number of hydrogen-bond acceptors (Lipinski definition) is 4. The standard InChI is InChI=1S/C14H22N4S/c1-2-17-5-3-12(4-6-17)9-15-10-13-11-18-7-8-19-14(18)16-13/h7-8,11-12,15H,2-6,9-10H2,1H3. The highest BCUT2D eigenvalue weighted by Crippen LogP contribution is 2.16. The summed E-state index contributed by atoms with van der Waals surface area (Å²) in [6.45, 7) is 8.01. The van der Waals surface area contributed by atoms with E-state index >= 15 is 0 Å². The molecule has 2 aromatic heterocycles. The molecular weight excluding hydrogens is 256 g/mol. The Bertz CT molecular complexity index is 482. The molecule has 0 radical (unpaired) electrons. The minimum Gasteiger partial charge on any atom is -0.311 e. The molecule has 1 N–H and O–H groups in total. The number of imidazole rings is 1. The molecule has 0 saturated carbocycles. The van der Waals surface area contributed by atoms with Crippen LogP contribution in [0.5, 0.6) is 0 Å². The van der Waals surface area contributed by atoms with Crippen LogP contribution >= 0.6 is 11.3 Å². The molecule has 104 valence electrons. The van der Waals surface area contributed by atoms with Gasteiger partial charge in [-0.3, -0.25) is 4.40 Å². The molecule has 0 unspecified atom stereocenters. The van der Waals surface area contributed by atoms with Crippen molar-refractivity contribution in [1.29, 1.82) is 0 Å². The van der Waals surface area contributed by atoms with Gasteiger partial charge in [0, 0.05) is 24.3 Å². The van der Waals surface area contributed by atoms with Gasteiger partial charge in [0.2, 0.25) is 0 Å². The van der Waals surface area contributed by atoms with E-state index in [1.165, 1.54) is 32.5 Å². The van der Waals surface area contributed by atoms with E-state index in [1.807, 2.05) is 0 Å². The van der Waals surface area contributed by atoms with Crippen molar-refractivity contribution in [2.45, 2.75) is 26.3 Å². The summed E-state index contributed by atoms with van der Waals surface area (Å²) in [6.07, 6.45) is 6.85. The van der Waals surface area contributed by atoms with Crippen LogP contribution in [0, 0.1) is 5.92 Å². The van der Waals surface area contributed by atoms with E-state index < -0.39 is 0 Å². The van der Waals surface area contributed by atoms with Gasteiger partial charge in [-0.1, -0.05) is 6.92 Å². The van der Waals surface area contributed by atoms with Crippen molar-refractivity contribution < 1.29 is 0 Å². The fourth-order valence-corrected chi connectivity index (χ4v) is 3.49. The Hall–Kier alpha value is -0.910. The van der Waals surface area contributed by atoms with Gasteiger partial charge in [0.1, 0.15) is 0 Å². The average Bonchev–Trinajstić information content (AvgIpc) is 3.00. The molecule has 0 aliphatic carbocycles. The van der Waals surface area contributed by atoms with E-state index in [4.69, 9.17) is 0 Å². The normalized spacial score (nSPS) is 18.4. The summed E-state index contributed by atoms with van der Waals surface area (Å²) < 4.78 is 2.10. The highest BCUT2D eigenvalue weighted by molar-refractivity contribution is 7.15. The molecule has 5 heteroatoms. The SMILES string of the molecule is CCN1CCC(CNCc2cn3ccsc3n2)CC1. The number of fused-ring (bicyclic) bond motifs is 1. The maximum Gasteiger partial charge on any atom is 0.193 e. The zero-order valence-electron chi connectivity index (χ0n) is 11.5. The highest BCUT2D eigenvalue weighted by atomic mass is 32.1. The van der Waals surface area contributed by atoms with Crippen molar-refractivity contribution in [2.24, 2.45) is 5.92 Å². The van der Waals surface area contributed by atoms with Crippen LogP contribution in [0.1, 0.15) is 25.5 Å². The van der Waals surface area contributed by atoms with Gasteiger partial charge in [-0.15, -0.1) is 11.3 Å². The maximum atomic E-state index is 4.59. The number of nitrogens with one attached hydrogen (secondary N) is 1.